The van der Waals surface area contributed by atoms with Gasteiger partial charge in [0.15, 0.2) is 0 Å². The third-order valence-corrected chi connectivity index (χ3v) is 6.13. The van der Waals surface area contributed by atoms with Crippen molar-refractivity contribution in [2.24, 2.45) is 0 Å². The lowest BCUT2D eigenvalue weighted by Gasteiger charge is -2.25. The molecule has 0 radical (unpaired) electrons. The lowest BCUT2D eigenvalue weighted by molar-refractivity contribution is -0.121. The first-order valence-corrected chi connectivity index (χ1v) is 11.0. The predicted molar refractivity (Wildman–Crippen MR) is 114 cm³/mol. The first-order chi connectivity index (χ1) is 14.0. The molecule has 0 saturated carbocycles. The van der Waals surface area contributed by atoms with Gasteiger partial charge in [-0.25, -0.2) is 4.39 Å². The van der Waals surface area contributed by atoms with Gasteiger partial charge in [0.1, 0.15) is 5.82 Å². The molecule has 0 fully saturated rings. The molecule has 5 nitrogen and oxygen atoms in total. The van der Waals surface area contributed by atoms with Crippen LogP contribution in [0.5, 0.6) is 0 Å². The number of nitrogens with one attached hydrogen (secondary N) is 2. The van der Waals surface area contributed by atoms with Gasteiger partial charge in [0, 0.05) is 17.2 Å². The molecule has 1 aliphatic rings. The smallest absolute Gasteiger partial charge is 0.234 e. The van der Waals surface area contributed by atoms with Crippen LogP contribution in [0.3, 0.4) is 0 Å². The lowest BCUT2D eigenvalue weighted by Crippen LogP contribution is -2.31. The van der Waals surface area contributed by atoms with E-state index in [1.54, 1.807) is 17.8 Å². The number of carbonyl (C=O) groups is 2. The lowest BCUT2D eigenvalue weighted by atomic mass is 9.87. The molecule has 1 atom stereocenters. The highest BCUT2D eigenvalue weighted by Crippen LogP contribution is 2.36. The van der Waals surface area contributed by atoms with Crippen molar-refractivity contribution in [1.82, 2.24) is 5.32 Å². The van der Waals surface area contributed by atoms with Crippen molar-refractivity contribution in [1.29, 1.82) is 5.26 Å². The number of benzene rings is 2. The Kier molecular flexibility index (Phi) is 6.96. The molecule has 2 N–H and O–H groups in total. The Hall–Kier alpha value is -2.76. The standard InChI is InChI=1S/C21H18FN3O2S2/c1-28-14-8-6-13(7-9-14)15-10-19(26)25-21(16(15)11-23)29-12-20(27)24-18-5-3-2-4-17(18)22/h2-9,15H,10,12H2,1H3,(H,24,27)(H,25,26)/t15-/m1/s1. The summed E-state index contributed by atoms with van der Waals surface area (Å²) in [5.74, 6) is -1.58. The van der Waals surface area contributed by atoms with Gasteiger partial charge in [-0.1, -0.05) is 36.0 Å². The molecule has 0 saturated heterocycles. The maximum atomic E-state index is 13.7. The number of para-hydroxylation sites is 1. The van der Waals surface area contributed by atoms with Crippen molar-refractivity contribution in [3.63, 3.8) is 0 Å². The van der Waals surface area contributed by atoms with E-state index in [1.165, 1.54) is 18.2 Å². The number of hydrogen-bond donors (Lipinski definition) is 2. The van der Waals surface area contributed by atoms with Gasteiger partial charge in [-0.2, -0.15) is 5.26 Å². The number of anilines is 1. The molecule has 0 spiro atoms. The Morgan fingerprint density at radius 3 is 2.66 bits per heavy atom. The molecule has 148 valence electrons. The number of nitriles is 1. The van der Waals surface area contributed by atoms with Gasteiger partial charge in [-0.15, -0.1) is 11.8 Å². The molecule has 2 amide bonds. The van der Waals surface area contributed by atoms with Gasteiger partial charge in [0.05, 0.1) is 28.1 Å². The summed E-state index contributed by atoms with van der Waals surface area (Å²) >= 11 is 2.67. The molecular formula is C21H18FN3O2S2. The van der Waals surface area contributed by atoms with Crippen molar-refractivity contribution in [3.8, 4) is 6.07 Å². The monoisotopic (exact) mass is 427 g/mol. The Morgan fingerprint density at radius 2 is 2.00 bits per heavy atom. The van der Waals surface area contributed by atoms with Crippen LogP contribution in [-0.2, 0) is 9.59 Å². The Bertz CT molecular complexity index is 1000. The number of halogens is 1. The Labute approximate surface area is 176 Å². The molecule has 1 aliphatic heterocycles. The van der Waals surface area contributed by atoms with E-state index >= 15 is 0 Å². The minimum Gasteiger partial charge on any atom is -0.323 e. The van der Waals surface area contributed by atoms with E-state index in [1.807, 2.05) is 30.5 Å². The topological polar surface area (TPSA) is 82.0 Å². The fraction of sp³-hybridized carbons (Fsp3) is 0.190. The van der Waals surface area contributed by atoms with E-state index in [9.17, 15) is 19.2 Å². The first-order valence-electron chi connectivity index (χ1n) is 8.77. The average Bonchev–Trinajstić information content (AvgIpc) is 2.73. The number of nitrogens with zero attached hydrogens (tertiary/aromatic N) is 1. The van der Waals surface area contributed by atoms with Crippen LogP contribution in [0.2, 0.25) is 0 Å². The van der Waals surface area contributed by atoms with E-state index in [0.717, 1.165) is 22.2 Å². The maximum absolute atomic E-state index is 13.7. The van der Waals surface area contributed by atoms with Crippen LogP contribution in [0.25, 0.3) is 0 Å². The molecule has 0 aromatic heterocycles. The molecule has 2 aromatic rings. The number of rotatable bonds is 6. The summed E-state index contributed by atoms with van der Waals surface area (Å²) in [5.41, 5.74) is 1.39. The summed E-state index contributed by atoms with van der Waals surface area (Å²) in [6.07, 6.45) is 2.15. The van der Waals surface area contributed by atoms with E-state index in [2.05, 4.69) is 16.7 Å². The third kappa shape index (κ3) is 5.19. The summed E-state index contributed by atoms with van der Waals surface area (Å²) in [6.45, 7) is 0. The highest BCUT2D eigenvalue weighted by molar-refractivity contribution is 8.03. The summed E-state index contributed by atoms with van der Waals surface area (Å²) in [7, 11) is 0. The van der Waals surface area contributed by atoms with Crippen molar-refractivity contribution >= 4 is 41.0 Å². The molecular weight excluding hydrogens is 409 g/mol. The van der Waals surface area contributed by atoms with Gasteiger partial charge >= 0.3 is 0 Å². The Balaban J connectivity index is 1.75. The molecule has 0 unspecified atom stereocenters. The molecule has 1 heterocycles. The van der Waals surface area contributed by atoms with Gasteiger partial charge in [-0.3, -0.25) is 9.59 Å². The minimum atomic E-state index is -0.525. The zero-order chi connectivity index (χ0) is 20.8. The van der Waals surface area contributed by atoms with Crippen molar-refractivity contribution in [3.05, 3.63) is 70.5 Å². The van der Waals surface area contributed by atoms with Crippen LogP contribution >= 0.6 is 23.5 Å². The fourth-order valence-corrected chi connectivity index (χ4v) is 4.23. The number of allylic oxidation sites excluding steroid dienone is 1. The van der Waals surface area contributed by atoms with E-state index in [-0.39, 0.29) is 29.7 Å². The maximum Gasteiger partial charge on any atom is 0.234 e. The van der Waals surface area contributed by atoms with Gasteiger partial charge in [0.25, 0.3) is 0 Å². The van der Waals surface area contributed by atoms with Crippen LogP contribution in [-0.4, -0.2) is 23.8 Å². The summed E-state index contributed by atoms with van der Waals surface area (Å²) in [6, 6.07) is 15.8. The average molecular weight is 428 g/mol. The van der Waals surface area contributed by atoms with Crippen LogP contribution < -0.4 is 10.6 Å². The highest BCUT2D eigenvalue weighted by atomic mass is 32.2. The van der Waals surface area contributed by atoms with Crippen molar-refractivity contribution in [2.45, 2.75) is 17.2 Å². The molecule has 8 heteroatoms. The van der Waals surface area contributed by atoms with E-state index in [0.29, 0.717) is 10.6 Å². The van der Waals surface area contributed by atoms with Crippen molar-refractivity contribution in [2.75, 3.05) is 17.3 Å². The molecule has 3 rings (SSSR count). The van der Waals surface area contributed by atoms with Gasteiger partial charge < -0.3 is 10.6 Å². The van der Waals surface area contributed by atoms with Crippen LogP contribution in [0.1, 0.15) is 17.9 Å². The zero-order valence-electron chi connectivity index (χ0n) is 15.6. The second kappa shape index (κ2) is 9.63. The number of thioether (sulfide) groups is 2. The minimum absolute atomic E-state index is 0.0622. The second-order valence-corrected chi connectivity index (χ2v) is 8.11. The third-order valence-electron chi connectivity index (χ3n) is 4.37. The molecule has 0 bridgehead atoms. The number of hydrogen-bond acceptors (Lipinski definition) is 5. The second-order valence-electron chi connectivity index (χ2n) is 6.25. The molecule has 0 aliphatic carbocycles. The number of carbonyl (C=O) groups excluding carboxylic acids is 2. The summed E-state index contributed by atoms with van der Waals surface area (Å²) < 4.78 is 13.7. The number of amides is 2. The molecule has 29 heavy (non-hydrogen) atoms. The van der Waals surface area contributed by atoms with Crippen LogP contribution in [0, 0.1) is 17.1 Å². The van der Waals surface area contributed by atoms with Gasteiger partial charge in [0.2, 0.25) is 11.8 Å². The highest BCUT2D eigenvalue weighted by Gasteiger charge is 2.29. The van der Waals surface area contributed by atoms with Crippen molar-refractivity contribution < 1.29 is 14.0 Å². The quantitative estimate of drug-likeness (QED) is 0.673. The largest absolute Gasteiger partial charge is 0.323 e. The van der Waals surface area contributed by atoms with E-state index in [4.69, 9.17) is 0 Å². The summed E-state index contributed by atoms with van der Waals surface area (Å²) in [4.78, 5) is 25.5. The summed E-state index contributed by atoms with van der Waals surface area (Å²) in [5, 5.41) is 15.2. The molecule has 2 aromatic carbocycles. The van der Waals surface area contributed by atoms with Gasteiger partial charge in [-0.05, 0) is 36.1 Å². The zero-order valence-corrected chi connectivity index (χ0v) is 17.2. The SMILES string of the molecule is CSc1ccc([C@H]2CC(=O)NC(SCC(=O)Nc3ccccc3F)=C2C#N)cc1. The normalized spacial score (nSPS) is 16.2. The van der Waals surface area contributed by atoms with Crippen LogP contribution in [0.4, 0.5) is 10.1 Å². The van der Waals surface area contributed by atoms with E-state index < -0.39 is 11.7 Å². The Morgan fingerprint density at radius 1 is 1.28 bits per heavy atom. The fourth-order valence-electron chi connectivity index (χ4n) is 2.94. The predicted octanol–water partition coefficient (Wildman–Crippen LogP) is 4.26. The van der Waals surface area contributed by atoms with Crippen LogP contribution in [0.15, 0.2) is 64.0 Å². The first kappa shape index (κ1) is 21.0.